The minimum absolute atomic E-state index is 0.0188. The first-order valence-electron chi connectivity index (χ1n) is 4.50. The van der Waals surface area contributed by atoms with Gasteiger partial charge in [-0.1, -0.05) is 28.1 Å². The maximum atomic E-state index is 11.2. The number of carbonyl (C=O) groups is 1. The molecule has 82 valence electrons. The van der Waals surface area contributed by atoms with Crippen LogP contribution in [-0.4, -0.2) is 18.8 Å². The van der Waals surface area contributed by atoms with Gasteiger partial charge in [-0.05, 0) is 11.6 Å². The lowest BCUT2D eigenvalue weighted by molar-refractivity contribution is -0.116. The molecule has 0 amide bonds. The Morgan fingerprint density at radius 1 is 1.53 bits per heavy atom. The summed E-state index contributed by atoms with van der Waals surface area (Å²) in [4.78, 5) is 11.2. The van der Waals surface area contributed by atoms with Gasteiger partial charge < -0.3 is 4.74 Å². The Balaban J connectivity index is 2.88. The van der Waals surface area contributed by atoms with Crippen molar-refractivity contribution in [2.45, 2.75) is 11.8 Å². The van der Waals surface area contributed by atoms with E-state index in [-0.39, 0.29) is 11.7 Å². The van der Waals surface area contributed by atoms with Crippen LogP contribution in [0, 0.1) is 0 Å². The predicted octanol–water partition coefficient (Wildman–Crippen LogP) is 2.94. The van der Waals surface area contributed by atoms with Gasteiger partial charge in [0.05, 0.1) is 13.0 Å². The van der Waals surface area contributed by atoms with E-state index in [0.29, 0.717) is 6.42 Å². The molecule has 0 bridgehead atoms. The molecule has 0 aliphatic rings. The maximum absolute atomic E-state index is 11.2. The third-order valence-corrected chi connectivity index (χ3v) is 2.95. The summed E-state index contributed by atoms with van der Waals surface area (Å²) in [5.41, 5.74) is 2.00. The van der Waals surface area contributed by atoms with Gasteiger partial charge in [0.2, 0.25) is 0 Å². The molecule has 0 fully saturated rings. The Morgan fingerprint density at radius 3 is 2.80 bits per heavy atom. The van der Waals surface area contributed by atoms with Gasteiger partial charge in [-0.15, -0.1) is 11.6 Å². The number of Topliss-reactive ketones (excluding diaryl/α,β-unsaturated/α-hetero) is 1. The quantitative estimate of drug-likeness (QED) is 0.780. The summed E-state index contributed by atoms with van der Waals surface area (Å²) < 4.78 is 5.22. The molecule has 0 heterocycles. The molecule has 15 heavy (non-hydrogen) atoms. The molecule has 0 spiro atoms. The van der Waals surface area contributed by atoms with Gasteiger partial charge in [-0.25, -0.2) is 0 Å². The summed E-state index contributed by atoms with van der Waals surface area (Å²) in [6, 6.07) is 5.75. The first-order valence-corrected chi connectivity index (χ1v) is 6.16. The number of ether oxygens (including phenoxy) is 1. The Morgan fingerprint density at radius 2 is 2.27 bits per heavy atom. The van der Waals surface area contributed by atoms with Gasteiger partial charge >= 0.3 is 0 Å². The van der Waals surface area contributed by atoms with Crippen LogP contribution >= 0.6 is 27.5 Å². The zero-order chi connectivity index (χ0) is 11.3. The van der Waals surface area contributed by atoms with E-state index in [1.54, 1.807) is 7.11 Å². The minimum Gasteiger partial charge on any atom is -0.496 e. The fraction of sp³-hybridized carbons (Fsp3) is 0.364. The molecule has 0 N–H and O–H groups in total. The average Bonchev–Trinajstić information content (AvgIpc) is 2.28. The molecule has 4 heteroatoms. The van der Waals surface area contributed by atoms with Crippen molar-refractivity contribution in [3.8, 4) is 5.75 Å². The number of hydrogen-bond donors (Lipinski definition) is 0. The number of carbonyl (C=O) groups excluding carboxylic acids is 1. The van der Waals surface area contributed by atoms with Crippen molar-refractivity contribution in [1.82, 2.24) is 0 Å². The molecule has 1 aromatic carbocycles. The Hall–Kier alpha value is -0.540. The van der Waals surface area contributed by atoms with E-state index in [1.807, 2.05) is 18.2 Å². The number of alkyl halides is 2. The number of halogens is 2. The van der Waals surface area contributed by atoms with Crippen LogP contribution in [0.3, 0.4) is 0 Å². The third-order valence-electron chi connectivity index (χ3n) is 2.05. The lowest BCUT2D eigenvalue weighted by Crippen LogP contribution is -2.04. The van der Waals surface area contributed by atoms with Crippen LogP contribution in [0.25, 0.3) is 0 Å². The van der Waals surface area contributed by atoms with Crippen LogP contribution in [0.15, 0.2) is 18.2 Å². The molecule has 1 aromatic rings. The number of methoxy groups -OCH3 is 1. The van der Waals surface area contributed by atoms with Crippen molar-refractivity contribution >= 4 is 33.3 Å². The smallest absolute Gasteiger partial charge is 0.151 e. The number of benzene rings is 1. The standard InChI is InChI=1S/C11H12BrClO2/c1-15-11-5-8(4-10(14)7-13)2-3-9(11)6-12/h2-3,5H,4,6-7H2,1H3. The topological polar surface area (TPSA) is 26.3 Å². The zero-order valence-corrected chi connectivity index (χ0v) is 10.8. The summed E-state index contributed by atoms with van der Waals surface area (Å²) >= 11 is 8.82. The monoisotopic (exact) mass is 290 g/mol. The van der Waals surface area contributed by atoms with E-state index in [9.17, 15) is 4.79 Å². The van der Waals surface area contributed by atoms with Gasteiger partial charge in [0.1, 0.15) is 5.75 Å². The molecule has 0 unspecified atom stereocenters. The fourth-order valence-corrected chi connectivity index (χ4v) is 1.84. The van der Waals surface area contributed by atoms with E-state index in [1.165, 1.54) is 0 Å². The van der Waals surface area contributed by atoms with Crippen LogP contribution in [0.1, 0.15) is 11.1 Å². The highest BCUT2D eigenvalue weighted by atomic mass is 79.9. The molecule has 0 atom stereocenters. The summed E-state index contributed by atoms with van der Waals surface area (Å²) in [6.07, 6.45) is 0.364. The van der Waals surface area contributed by atoms with Crippen LogP contribution in [0.2, 0.25) is 0 Å². The molecule has 1 rings (SSSR count). The maximum Gasteiger partial charge on any atom is 0.151 e. The summed E-state index contributed by atoms with van der Waals surface area (Å²) in [5.74, 6) is 0.875. The second-order valence-electron chi connectivity index (χ2n) is 3.13. The third kappa shape index (κ3) is 3.50. The van der Waals surface area contributed by atoms with Gasteiger partial charge in [0, 0.05) is 17.3 Å². The normalized spacial score (nSPS) is 10.1. The predicted molar refractivity (Wildman–Crippen MR) is 65.1 cm³/mol. The van der Waals surface area contributed by atoms with Crippen molar-refractivity contribution < 1.29 is 9.53 Å². The van der Waals surface area contributed by atoms with Crippen LogP contribution < -0.4 is 4.74 Å². The van der Waals surface area contributed by atoms with Crippen molar-refractivity contribution in [3.63, 3.8) is 0 Å². The number of rotatable bonds is 5. The summed E-state index contributed by atoms with van der Waals surface area (Å²) in [7, 11) is 1.62. The largest absolute Gasteiger partial charge is 0.496 e. The van der Waals surface area contributed by atoms with Gasteiger partial charge in [0.25, 0.3) is 0 Å². The van der Waals surface area contributed by atoms with E-state index in [4.69, 9.17) is 16.3 Å². The van der Waals surface area contributed by atoms with Crippen molar-refractivity contribution in [3.05, 3.63) is 29.3 Å². The van der Waals surface area contributed by atoms with E-state index in [0.717, 1.165) is 22.2 Å². The molecule has 0 saturated carbocycles. The second-order valence-corrected chi connectivity index (χ2v) is 3.96. The Kier molecular flexibility index (Phi) is 5.12. The van der Waals surface area contributed by atoms with Crippen LogP contribution in [0.4, 0.5) is 0 Å². The van der Waals surface area contributed by atoms with Crippen LogP contribution in [0.5, 0.6) is 5.75 Å². The molecule has 0 radical (unpaired) electrons. The van der Waals surface area contributed by atoms with Crippen molar-refractivity contribution in [1.29, 1.82) is 0 Å². The Bertz CT molecular complexity index is 352. The summed E-state index contributed by atoms with van der Waals surface area (Å²) in [5, 5.41) is 0.736. The van der Waals surface area contributed by atoms with Crippen molar-refractivity contribution in [2.75, 3.05) is 13.0 Å². The van der Waals surface area contributed by atoms with E-state index < -0.39 is 0 Å². The average molecular weight is 292 g/mol. The minimum atomic E-state index is 0.0188. The first-order chi connectivity index (χ1) is 7.21. The van der Waals surface area contributed by atoms with Gasteiger partial charge in [0.15, 0.2) is 5.78 Å². The molecular formula is C11H12BrClO2. The van der Waals surface area contributed by atoms with E-state index >= 15 is 0 Å². The molecule has 0 saturated heterocycles. The summed E-state index contributed by atoms with van der Waals surface area (Å²) in [6.45, 7) is 0. The zero-order valence-electron chi connectivity index (χ0n) is 8.43. The highest BCUT2D eigenvalue weighted by molar-refractivity contribution is 9.08. The highest BCUT2D eigenvalue weighted by Gasteiger charge is 2.06. The lowest BCUT2D eigenvalue weighted by Gasteiger charge is -2.08. The molecule has 0 aromatic heterocycles. The molecule has 0 aliphatic carbocycles. The first kappa shape index (κ1) is 12.5. The molecular weight excluding hydrogens is 279 g/mol. The molecule has 2 nitrogen and oxygen atoms in total. The number of hydrogen-bond acceptors (Lipinski definition) is 2. The van der Waals surface area contributed by atoms with Gasteiger partial charge in [-0.3, -0.25) is 4.79 Å². The SMILES string of the molecule is COc1cc(CC(=O)CCl)ccc1CBr. The van der Waals surface area contributed by atoms with Gasteiger partial charge in [-0.2, -0.15) is 0 Å². The Labute approximate surface area is 103 Å². The highest BCUT2D eigenvalue weighted by Crippen LogP contribution is 2.22. The second kappa shape index (κ2) is 6.13. The van der Waals surface area contributed by atoms with E-state index in [2.05, 4.69) is 15.9 Å². The lowest BCUT2D eigenvalue weighted by atomic mass is 10.1. The van der Waals surface area contributed by atoms with Crippen molar-refractivity contribution in [2.24, 2.45) is 0 Å². The van der Waals surface area contributed by atoms with Crippen LogP contribution in [-0.2, 0) is 16.5 Å². The fourth-order valence-electron chi connectivity index (χ4n) is 1.28. The molecule has 0 aliphatic heterocycles. The number of ketones is 1.